The van der Waals surface area contributed by atoms with Crippen LogP contribution in [0.3, 0.4) is 0 Å². The zero-order chi connectivity index (χ0) is 13.7. The lowest BCUT2D eigenvalue weighted by atomic mass is 10.1. The monoisotopic (exact) mass is 249 g/mol. The Hall–Kier alpha value is -2.20. The highest BCUT2D eigenvalue weighted by Gasteiger charge is 1.95. The molecule has 96 valence electrons. The van der Waals surface area contributed by atoms with Crippen LogP contribution in [0.1, 0.15) is 42.8 Å². The lowest BCUT2D eigenvalue weighted by Crippen LogP contribution is -1.83. The van der Waals surface area contributed by atoms with Crippen molar-refractivity contribution in [2.75, 3.05) is 0 Å². The Bertz CT molecular complexity index is 618. The summed E-state index contributed by atoms with van der Waals surface area (Å²) in [5.74, 6) is 6.33. The van der Waals surface area contributed by atoms with Gasteiger partial charge in [0.25, 0.3) is 0 Å². The molecule has 1 heterocycles. The van der Waals surface area contributed by atoms with Gasteiger partial charge in [-0.25, -0.2) is 0 Å². The van der Waals surface area contributed by atoms with Crippen LogP contribution in [0.4, 0.5) is 0 Å². The van der Waals surface area contributed by atoms with Gasteiger partial charge >= 0.3 is 0 Å². The van der Waals surface area contributed by atoms with Crippen molar-refractivity contribution in [3.05, 3.63) is 65.5 Å². The molecular formula is C18H19N. The van der Waals surface area contributed by atoms with Crippen LogP contribution in [0.25, 0.3) is 5.57 Å². The molecule has 0 atom stereocenters. The van der Waals surface area contributed by atoms with Crippen LogP contribution in [0, 0.1) is 11.8 Å². The summed E-state index contributed by atoms with van der Waals surface area (Å²) in [6.07, 6.45) is 2.23. The van der Waals surface area contributed by atoms with Crippen molar-refractivity contribution < 1.29 is 0 Å². The van der Waals surface area contributed by atoms with E-state index in [-0.39, 0.29) is 0 Å². The number of aromatic amines is 1. The van der Waals surface area contributed by atoms with Gasteiger partial charge < -0.3 is 4.98 Å². The van der Waals surface area contributed by atoms with Crippen LogP contribution in [0.5, 0.6) is 0 Å². The molecule has 0 spiro atoms. The molecule has 0 aliphatic rings. The molecule has 1 N–H and O–H groups in total. The highest BCUT2D eigenvalue weighted by atomic mass is 14.7. The third-order valence-corrected chi connectivity index (χ3v) is 2.98. The summed E-state index contributed by atoms with van der Waals surface area (Å²) in [5.41, 5.74) is 5.50. The summed E-state index contributed by atoms with van der Waals surface area (Å²) in [6.45, 7) is 8.11. The molecule has 0 saturated carbocycles. The lowest BCUT2D eigenvalue weighted by molar-refractivity contribution is 0.891. The third-order valence-electron chi connectivity index (χ3n) is 2.98. The van der Waals surface area contributed by atoms with E-state index in [0.29, 0.717) is 0 Å². The summed E-state index contributed by atoms with van der Waals surface area (Å²) < 4.78 is 0. The van der Waals surface area contributed by atoms with Gasteiger partial charge in [-0.1, -0.05) is 43.5 Å². The molecule has 2 aromatic rings. The molecular weight excluding hydrogens is 230 g/mol. The first kappa shape index (κ1) is 13.2. The number of nitrogens with one attached hydrogen (secondary N) is 1. The fourth-order valence-corrected chi connectivity index (χ4v) is 1.91. The molecule has 0 aliphatic carbocycles. The summed E-state index contributed by atoms with van der Waals surface area (Å²) in [6, 6.07) is 12.3. The first-order valence-corrected chi connectivity index (χ1v) is 6.65. The number of H-pyrrole nitrogens is 1. The second-order valence-electron chi connectivity index (χ2n) is 4.75. The van der Waals surface area contributed by atoms with E-state index in [2.05, 4.69) is 48.5 Å². The van der Waals surface area contributed by atoms with Gasteiger partial charge in [0.05, 0.1) is 5.69 Å². The number of aryl methyl sites for hydroxylation is 1. The van der Waals surface area contributed by atoms with Crippen LogP contribution in [0.2, 0.25) is 0 Å². The van der Waals surface area contributed by atoms with Crippen molar-refractivity contribution in [1.82, 2.24) is 4.98 Å². The van der Waals surface area contributed by atoms with E-state index >= 15 is 0 Å². The Kier molecular flexibility index (Phi) is 4.26. The number of rotatable bonds is 3. The molecule has 0 amide bonds. The number of aromatic nitrogens is 1. The molecule has 0 saturated heterocycles. The minimum Gasteiger partial charge on any atom is -0.352 e. The predicted octanol–water partition coefficient (Wildman–Crippen LogP) is 4.40. The SMILES string of the molecule is C=C(C)c1ccc(C#Cc2ccc(CCC)[nH]2)cc1. The first-order valence-electron chi connectivity index (χ1n) is 6.65. The molecule has 1 aromatic carbocycles. The van der Waals surface area contributed by atoms with Gasteiger partial charge in [0, 0.05) is 11.3 Å². The summed E-state index contributed by atoms with van der Waals surface area (Å²) in [5, 5.41) is 0. The average Bonchev–Trinajstić information content (AvgIpc) is 2.85. The molecule has 0 fully saturated rings. The molecule has 19 heavy (non-hydrogen) atoms. The highest BCUT2D eigenvalue weighted by molar-refractivity contribution is 5.62. The van der Waals surface area contributed by atoms with E-state index in [4.69, 9.17) is 0 Å². The third kappa shape index (κ3) is 3.63. The maximum atomic E-state index is 3.93. The Morgan fingerprint density at radius 3 is 2.47 bits per heavy atom. The maximum Gasteiger partial charge on any atom is 0.0899 e. The normalized spacial score (nSPS) is 9.79. The highest BCUT2D eigenvalue weighted by Crippen LogP contribution is 2.12. The van der Waals surface area contributed by atoms with Crippen molar-refractivity contribution in [3.63, 3.8) is 0 Å². The van der Waals surface area contributed by atoms with E-state index in [9.17, 15) is 0 Å². The van der Waals surface area contributed by atoms with E-state index in [0.717, 1.165) is 35.2 Å². The molecule has 0 radical (unpaired) electrons. The van der Waals surface area contributed by atoms with Crippen molar-refractivity contribution in [2.24, 2.45) is 0 Å². The summed E-state index contributed by atoms with van der Waals surface area (Å²) in [4.78, 5) is 3.33. The molecule has 0 unspecified atom stereocenters. The fourth-order valence-electron chi connectivity index (χ4n) is 1.91. The van der Waals surface area contributed by atoms with Crippen LogP contribution < -0.4 is 0 Å². The van der Waals surface area contributed by atoms with Crippen LogP contribution in [-0.4, -0.2) is 4.98 Å². The van der Waals surface area contributed by atoms with Crippen molar-refractivity contribution in [2.45, 2.75) is 26.7 Å². The zero-order valence-electron chi connectivity index (χ0n) is 11.6. The Morgan fingerprint density at radius 1 is 1.11 bits per heavy atom. The number of benzene rings is 1. The number of hydrogen-bond acceptors (Lipinski definition) is 0. The molecule has 0 bridgehead atoms. The van der Waals surface area contributed by atoms with Gasteiger partial charge in [-0.05, 0) is 49.1 Å². The molecule has 2 rings (SSSR count). The molecule has 1 heteroatoms. The average molecular weight is 249 g/mol. The van der Waals surface area contributed by atoms with Gasteiger partial charge in [0.1, 0.15) is 0 Å². The minimum atomic E-state index is 0.979. The summed E-state index contributed by atoms with van der Waals surface area (Å²) >= 11 is 0. The van der Waals surface area contributed by atoms with E-state index < -0.39 is 0 Å². The number of hydrogen-bond donors (Lipinski definition) is 1. The van der Waals surface area contributed by atoms with Crippen LogP contribution in [0.15, 0.2) is 43.0 Å². The molecule has 1 nitrogen and oxygen atoms in total. The standard InChI is InChI=1S/C18H19N/c1-4-5-17-12-13-18(19-17)11-8-15-6-9-16(10-7-15)14(2)3/h6-7,9-10,12-13,19H,2,4-5H2,1,3H3. The van der Waals surface area contributed by atoms with Gasteiger partial charge in [0.15, 0.2) is 0 Å². The Balaban J connectivity index is 2.12. The molecule has 0 aliphatic heterocycles. The quantitative estimate of drug-likeness (QED) is 0.776. The van der Waals surface area contributed by atoms with Crippen LogP contribution in [-0.2, 0) is 6.42 Å². The Morgan fingerprint density at radius 2 is 1.84 bits per heavy atom. The maximum absolute atomic E-state index is 3.93. The van der Waals surface area contributed by atoms with Crippen molar-refractivity contribution >= 4 is 5.57 Å². The minimum absolute atomic E-state index is 0.979. The van der Waals surface area contributed by atoms with E-state index in [1.165, 1.54) is 5.69 Å². The topological polar surface area (TPSA) is 15.8 Å². The van der Waals surface area contributed by atoms with Gasteiger partial charge in [-0.15, -0.1) is 0 Å². The lowest BCUT2D eigenvalue weighted by Gasteiger charge is -1.98. The van der Waals surface area contributed by atoms with Gasteiger partial charge in [-0.3, -0.25) is 0 Å². The van der Waals surface area contributed by atoms with E-state index in [1.807, 2.05) is 25.1 Å². The largest absolute Gasteiger partial charge is 0.352 e. The predicted molar refractivity (Wildman–Crippen MR) is 81.9 cm³/mol. The fraction of sp³-hybridized carbons (Fsp3) is 0.222. The first-order chi connectivity index (χ1) is 9.19. The molecule has 1 aromatic heterocycles. The van der Waals surface area contributed by atoms with Gasteiger partial charge in [-0.2, -0.15) is 0 Å². The zero-order valence-corrected chi connectivity index (χ0v) is 11.6. The van der Waals surface area contributed by atoms with Gasteiger partial charge in [0.2, 0.25) is 0 Å². The second-order valence-corrected chi connectivity index (χ2v) is 4.75. The second kappa shape index (κ2) is 6.11. The van der Waals surface area contributed by atoms with E-state index in [1.54, 1.807) is 0 Å². The number of allylic oxidation sites excluding steroid dienone is 1. The van der Waals surface area contributed by atoms with Crippen molar-refractivity contribution in [1.29, 1.82) is 0 Å². The van der Waals surface area contributed by atoms with Crippen molar-refractivity contribution in [3.8, 4) is 11.8 Å². The summed E-state index contributed by atoms with van der Waals surface area (Å²) in [7, 11) is 0. The smallest absolute Gasteiger partial charge is 0.0899 e. The van der Waals surface area contributed by atoms with Crippen LogP contribution >= 0.6 is 0 Å². The Labute approximate surface area is 115 Å².